The van der Waals surface area contributed by atoms with Gasteiger partial charge in [-0.25, -0.2) is 5.43 Å². The molecule has 0 atom stereocenters. The largest absolute Gasteiger partial charge is 0.489 e. The Bertz CT molecular complexity index is 847. The highest BCUT2D eigenvalue weighted by atomic mass is 35.5. The van der Waals surface area contributed by atoms with E-state index in [-0.39, 0.29) is 12.5 Å². The highest BCUT2D eigenvalue weighted by molar-refractivity contribution is 6.32. The van der Waals surface area contributed by atoms with Gasteiger partial charge in [0.05, 0.1) is 24.5 Å². The summed E-state index contributed by atoms with van der Waals surface area (Å²) in [5, 5.41) is 4.40. The summed E-state index contributed by atoms with van der Waals surface area (Å²) >= 11 is 6.23. The second kappa shape index (κ2) is 8.77. The molecule has 142 valence electrons. The molecule has 0 saturated heterocycles. The number of hydrogen-bond donors (Lipinski definition) is 1. The normalized spacial score (nSPS) is 13.3. The molecule has 1 amide bonds. The maximum Gasteiger partial charge on any atom is 0.277 e. The van der Waals surface area contributed by atoms with Gasteiger partial charge in [0.1, 0.15) is 5.75 Å². The minimum Gasteiger partial charge on any atom is -0.489 e. The molecule has 1 N–H and O–H groups in total. The van der Waals surface area contributed by atoms with E-state index in [4.69, 9.17) is 25.8 Å². The first-order chi connectivity index (χ1) is 13.0. The van der Waals surface area contributed by atoms with Crippen molar-refractivity contribution in [3.8, 4) is 17.2 Å². The molecule has 1 heterocycles. The summed E-state index contributed by atoms with van der Waals surface area (Å²) in [5.41, 5.74) is 5.10. The number of nitrogens with zero attached hydrogens (tertiary/aromatic N) is 1. The lowest BCUT2D eigenvalue weighted by Gasteiger charge is -2.11. The Balaban J connectivity index is 1.58. The van der Waals surface area contributed by atoms with Crippen molar-refractivity contribution in [2.75, 3.05) is 19.8 Å². The summed E-state index contributed by atoms with van der Waals surface area (Å²) in [7, 11) is 0. The predicted molar refractivity (Wildman–Crippen MR) is 104 cm³/mol. The molecule has 7 heteroatoms. The van der Waals surface area contributed by atoms with Crippen molar-refractivity contribution >= 4 is 23.7 Å². The third-order valence-electron chi connectivity index (χ3n) is 3.98. The van der Waals surface area contributed by atoms with Crippen molar-refractivity contribution in [2.45, 2.75) is 20.3 Å². The van der Waals surface area contributed by atoms with Crippen molar-refractivity contribution in [1.29, 1.82) is 0 Å². The number of hydrogen-bond acceptors (Lipinski definition) is 5. The van der Waals surface area contributed by atoms with Crippen molar-refractivity contribution in [2.24, 2.45) is 5.10 Å². The summed E-state index contributed by atoms with van der Waals surface area (Å²) in [6, 6.07) is 9.30. The predicted octanol–water partition coefficient (Wildman–Crippen LogP) is 3.65. The zero-order valence-corrected chi connectivity index (χ0v) is 16.0. The maximum absolute atomic E-state index is 12.0. The fraction of sp³-hybridized carbons (Fsp3) is 0.300. The van der Waals surface area contributed by atoms with Gasteiger partial charge in [-0.3, -0.25) is 4.79 Å². The van der Waals surface area contributed by atoms with Gasteiger partial charge in [-0.05, 0) is 42.7 Å². The number of carbonyl (C=O) groups excluding carboxylic acids is 1. The average Bonchev–Trinajstić information content (AvgIpc) is 2.87. The molecule has 2 aromatic rings. The van der Waals surface area contributed by atoms with E-state index in [1.807, 2.05) is 32.0 Å². The van der Waals surface area contributed by atoms with Gasteiger partial charge >= 0.3 is 0 Å². The average molecular weight is 389 g/mol. The summed E-state index contributed by atoms with van der Waals surface area (Å²) < 4.78 is 16.8. The van der Waals surface area contributed by atoms with Crippen LogP contribution in [0.5, 0.6) is 17.2 Å². The summed E-state index contributed by atoms with van der Waals surface area (Å²) in [4.78, 5) is 12.0. The van der Waals surface area contributed by atoms with Crippen LogP contribution >= 0.6 is 11.6 Å². The number of halogens is 1. The molecule has 0 aromatic heterocycles. The highest BCUT2D eigenvalue weighted by Gasteiger charge is 2.15. The first-order valence-corrected chi connectivity index (χ1v) is 9.02. The first kappa shape index (κ1) is 19.0. The van der Waals surface area contributed by atoms with Crippen LogP contribution in [0.2, 0.25) is 5.02 Å². The van der Waals surface area contributed by atoms with Crippen LogP contribution in [0.25, 0.3) is 0 Å². The number of aryl methyl sites for hydroxylation is 2. The molecule has 1 aliphatic rings. The van der Waals surface area contributed by atoms with Crippen molar-refractivity contribution < 1.29 is 19.0 Å². The second-order valence-corrected chi connectivity index (χ2v) is 6.59. The quantitative estimate of drug-likeness (QED) is 0.627. The number of carbonyl (C=O) groups is 1. The second-order valence-electron chi connectivity index (χ2n) is 6.18. The van der Waals surface area contributed by atoms with Crippen molar-refractivity contribution in [3.63, 3.8) is 0 Å². The number of ether oxygens (including phenoxy) is 3. The van der Waals surface area contributed by atoms with E-state index in [1.54, 1.807) is 12.1 Å². The van der Waals surface area contributed by atoms with E-state index in [0.29, 0.717) is 41.0 Å². The van der Waals surface area contributed by atoms with E-state index in [9.17, 15) is 4.79 Å². The lowest BCUT2D eigenvalue weighted by atomic mass is 10.1. The van der Waals surface area contributed by atoms with Gasteiger partial charge in [-0.1, -0.05) is 29.8 Å². The minimum atomic E-state index is -0.352. The van der Waals surface area contributed by atoms with Gasteiger partial charge in [-0.15, -0.1) is 0 Å². The Labute approximate surface area is 163 Å². The molecule has 0 aliphatic carbocycles. The molecular formula is C20H21ClN2O4. The number of rotatable bonds is 5. The monoisotopic (exact) mass is 388 g/mol. The highest BCUT2D eigenvalue weighted by Crippen LogP contribution is 2.37. The van der Waals surface area contributed by atoms with Gasteiger partial charge in [0.25, 0.3) is 5.91 Å². The zero-order chi connectivity index (χ0) is 19.2. The molecular weight excluding hydrogens is 368 g/mol. The molecule has 0 fully saturated rings. The van der Waals surface area contributed by atoms with Crippen LogP contribution < -0.4 is 19.6 Å². The zero-order valence-electron chi connectivity index (χ0n) is 15.3. The fourth-order valence-corrected chi connectivity index (χ4v) is 2.97. The summed E-state index contributed by atoms with van der Waals surface area (Å²) in [6.45, 7) is 4.89. The Morgan fingerprint density at radius 2 is 2.00 bits per heavy atom. The van der Waals surface area contributed by atoms with Crippen LogP contribution in [0.4, 0.5) is 0 Å². The van der Waals surface area contributed by atoms with E-state index in [2.05, 4.69) is 10.5 Å². The number of hydrazone groups is 1. The first-order valence-electron chi connectivity index (χ1n) is 8.64. The third kappa shape index (κ3) is 4.92. The van der Waals surface area contributed by atoms with Crippen LogP contribution in [-0.2, 0) is 4.79 Å². The SMILES string of the molecule is Cc1cccc(C)c1OCC(=O)N/N=C\c1cc(Cl)c2c(c1)OCCCO2. The van der Waals surface area contributed by atoms with Gasteiger partial charge in [0.15, 0.2) is 18.1 Å². The van der Waals surface area contributed by atoms with Crippen LogP contribution in [0.3, 0.4) is 0 Å². The van der Waals surface area contributed by atoms with E-state index >= 15 is 0 Å². The standard InChI is InChI=1S/C20H21ClN2O4/c1-13-5-3-6-14(2)19(13)27-12-18(24)23-22-11-15-9-16(21)20-17(10-15)25-7-4-8-26-20/h3,5-6,9-11H,4,7-8,12H2,1-2H3,(H,23,24)/b22-11-. The van der Waals surface area contributed by atoms with Crippen LogP contribution in [0.1, 0.15) is 23.1 Å². The fourth-order valence-electron chi connectivity index (χ4n) is 2.70. The van der Waals surface area contributed by atoms with Crippen LogP contribution in [-0.4, -0.2) is 31.9 Å². The third-order valence-corrected chi connectivity index (χ3v) is 4.26. The number of nitrogens with one attached hydrogen (secondary N) is 1. The molecule has 3 rings (SSSR count). The van der Waals surface area contributed by atoms with Gasteiger partial charge in [0.2, 0.25) is 0 Å². The van der Waals surface area contributed by atoms with Crippen LogP contribution in [0, 0.1) is 13.8 Å². The molecule has 0 bridgehead atoms. The lowest BCUT2D eigenvalue weighted by molar-refractivity contribution is -0.123. The Morgan fingerprint density at radius 3 is 2.78 bits per heavy atom. The summed E-state index contributed by atoms with van der Waals surface area (Å²) in [5.74, 6) is 1.48. The summed E-state index contributed by atoms with van der Waals surface area (Å²) in [6.07, 6.45) is 2.29. The molecule has 0 radical (unpaired) electrons. The maximum atomic E-state index is 12.0. The Kier molecular flexibility index (Phi) is 6.19. The molecule has 0 spiro atoms. The molecule has 0 unspecified atom stereocenters. The Hall–Kier alpha value is -2.73. The molecule has 1 aliphatic heterocycles. The number of fused-ring (bicyclic) bond motifs is 1. The van der Waals surface area contributed by atoms with Crippen LogP contribution in [0.15, 0.2) is 35.4 Å². The number of benzene rings is 2. The van der Waals surface area contributed by atoms with Gasteiger partial charge in [-0.2, -0.15) is 5.10 Å². The van der Waals surface area contributed by atoms with Crippen molar-refractivity contribution in [3.05, 3.63) is 52.0 Å². The van der Waals surface area contributed by atoms with Gasteiger partial charge < -0.3 is 14.2 Å². The van der Waals surface area contributed by atoms with Gasteiger partial charge in [0, 0.05) is 6.42 Å². The molecule has 0 saturated carbocycles. The topological polar surface area (TPSA) is 69.2 Å². The Morgan fingerprint density at radius 1 is 1.26 bits per heavy atom. The lowest BCUT2D eigenvalue weighted by Crippen LogP contribution is -2.25. The van der Waals surface area contributed by atoms with E-state index < -0.39 is 0 Å². The van der Waals surface area contributed by atoms with E-state index in [0.717, 1.165) is 17.5 Å². The molecule has 27 heavy (non-hydrogen) atoms. The smallest absolute Gasteiger partial charge is 0.277 e. The molecule has 6 nitrogen and oxygen atoms in total. The molecule has 2 aromatic carbocycles. The van der Waals surface area contributed by atoms with Crippen molar-refractivity contribution in [1.82, 2.24) is 5.43 Å². The number of amides is 1. The van der Waals surface area contributed by atoms with E-state index in [1.165, 1.54) is 6.21 Å². The number of para-hydroxylation sites is 1. The minimum absolute atomic E-state index is 0.120.